The molecule has 4 unspecified atom stereocenters. The average molecular weight is 404 g/mol. The first-order valence-corrected chi connectivity index (χ1v) is 11.4. The van der Waals surface area contributed by atoms with Gasteiger partial charge in [-0.3, -0.25) is 19.5 Å². The fourth-order valence-corrected chi connectivity index (χ4v) is 4.99. The van der Waals surface area contributed by atoms with E-state index in [4.69, 9.17) is 0 Å². The number of aliphatic imine (C=N–C) groups is 1. The van der Waals surface area contributed by atoms with E-state index in [9.17, 15) is 9.59 Å². The third-order valence-electron chi connectivity index (χ3n) is 6.58. The normalized spacial score (nSPS) is 28.0. The first-order chi connectivity index (χ1) is 14.1. The Morgan fingerprint density at radius 1 is 1.07 bits per heavy atom. The number of unbranched alkanes of at least 4 members (excludes halogenated alkanes) is 1. The summed E-state index contributed by atoms with van der Waals surface area (Å²) in [5.74, 6) is 1.14. The molecule has 4 atom stereocenters. The van der Waals surface area contributed by atoms with Crippen molar-refractivity contribution in [2.75, 3.05) is 45.8 Å². The summed E-state index contributed by atoms with van der Waals surface area (Å²) in [4.78, 5) is 34.0. The van der Waals surface area contributed by atoms with Crippen LogP contribution in [0.25, 0.3) is 0 Å². The van der Waals surface area contributed by atoms with Crippen LogP contribution in [-0.2, 0) is 9.59 Å². The van der Waals surface area contributed by atoms with Gasteiger partial charge < -0.3 is 15.5 Å². The van der Waals surface area contributed by atoms with E-state index in [1.807, 2.05) is 6.92 Å². The molecule has 1 saturated heterocycles. The lowest BCUT2D eigenvalue weighted by Gasteiger charge is -2.19. The lowest BCUT2D eigenvalue weighted by molar-refractivity contribution is -0.140. The molecule has 1 saturated carbocycles. The van der Waals surface area contributed by atoms with Gasteiger partial charge in [-0.25, -0.2) is 0 Å². The van der Waals surface area contributed by atoms with Crippen molar-refractivity contribution < 1.29 is 9.59 Å². The maximum Gasteiger partial charge on any atom is 0.233 e. The second-order valence-corrected chi connectivity index (χ2v) is 8.25. The molecule has 0 spiro atoms. The maximum atomic E-state index is 12.7. The van der Waals surface area contributed by atoms with Gasteiger partial charge in [-0.05, 0) is 57.7 Å². The first-order valence-electron chi connectivity index (χ1n) is 11.4. The fourth-order valence-electron chi connectivity index (χ4n) is 4.99. The molecule has 3 rings (SSSR count). The van der Waals surface area contributed by atoms with Crippen LogP contribution in [0, 0.1) is 23.7 Å². The third-order valence-corrected chi connectivity index (χ3v) is 6.58. The molecule has 7 nitrogen and oxygen atoms in total. The van der Waals surface area contributed by atoms with Crippen molar-refractivity contribution in [1.82, 2.24) is 20.4 Å². The number of carbonyl (C=O) groups is 2. The molecule has 7 heteroatoms. The van der Waals surface area contributed by atoms with Gasteiger partial charge in [0.1, 0.15) is 0 Å². The molecule has 162 valence electrons. The zero-order valence-electron chi connectivity index (χ0n) is 18.2. The monoisotopic (exact) mass is 403 g/mol. The Bertz CT molecular complexity index is 613. The number of rotatable bonds is 11. The minimum atomic E-state index is -0.106. The van der Waals surface area contributed by atoms with Crippen LogP contribution in [0.1, 0.15) is 40.0 Å². The summed E-state index contributed by atoms with van der Waals surface area (Å²) in [5.41, 5.74) is 0. The van der Waals surface area contributed by atoms with Gasteiger partial charge in [0.05, 0.1) is 11.8 Å². The zero-order valence-corrected chi connectivity index (χ0v) is 18.2. The van der Waals surface area contributed by atoms with E-state index in [1.54, 1.807) is 0 Å². The van der Waals surface area contributed by atoms with Gasteiger partial charge in [-0.15, -0.1) is 0 Å². The Labute approximate surface area is 175 Å². The second-order valence-electron chi connectivity index (χ2n) is 8.25. The molecule has 0 aromatic heterocycles. The number of hydrogen-bond acceptors (Lipinski definition) is 4. The van der Waals surface area contributed by atoms with E-state index in [0.29, 0.717) is 13.1 Å². The number of guanidine groups is 1. The summed E-state index contributed by atoms with van der Waals surface area (Å²) in [7, 11) is 0. The first kappa shape index (κ1) is 21.8. The molecular weight excluding hydrogens is 366 g/mol. The zero-order chi connectivity index (χ0) is 20.8. The highest BCUT2D eigenvalue weighted by atomic mass is 16.2. The molecule has 3 aliphatic rings. The number of allylic oxidation sites excluding steroid dienone is 2. The van der Waals surface area contributed by atoms with Gasteiger partial charge in [0.2, 0.25) is 11.8 Å². The van der Waals surface area contributed by atoms with Crippen molar-refractivity contribution in [2.45, 2.75) is 40.0 Å². The van der Waals surface area contributed by atoms with E-state index >= 15 is 0 Å². The third kappa shape index (κ3) is 4.82. The SMILES string of the molecule is CCNC(=NCCCCN(CC)CC)NCCN1C(=O)C2C3C=CC(C3)C2C1=O. The van der Waals surface area contributed by atoms with Crippen LogP contribution in [0.2, 0.25) is 0 Å². The van der Waals surface area contributed by atoms with Gasteiger partial charge in [0, 0.05) is 26.2 Å². The average Bonchev–Trinajstić information content (AvgIpc) is 3.40. The summed E-state index contributed by atoms with van der Waals surface area (Å²) < 4.78 is 0. The molecule has 0 aromatic rings. The number of hydrogen-bond donors (Lipinski definition) is 2. The van der Waals surface area contributed by atoms with Crippen molar-refractivity contribution in [3.63, 3.8) is 0 Å². The highest BCUT2D eigenvalue weighted by Gasteiger charge is 2.58. The van der Waals surface area contributed by atoms with Gasteiger partial charge in [-0.1, -0.05) is 26.0 Å². The van der Waals surface area contributed by atoms with E-state index in [1.165, 1.54) is 4.90 Å². The molecule has 0 radical (unpaired) electrons. The standard InChI is InChI=1S/C22H37N5O2/c1-4-23-22(24-11-7-8-13-26(5-2)6-3)25-12-14-27-20(28)18-16-9-10-17(15-16)19(18)21(27)29/h9-10,16-19H,4-8,11-15H2,1-3H3,(H2,23,24,25). The van der Waals surface area contributed by atoms with Crippen LogP contribution in [0.4, 0.5) is 0 Å². The molecule has 29 heavy (non-hydrogen) atoms. The molecule has 2 aliphatic carbocycles. The summed E-state index contributed by atoms with van der Waals surface area (Å²) in [6, 6.07) is 0. The van der Waals surface area contributed by atoms with Crippen molar-refractivity contribution in [1.29, 1.82) is 0 Å². The van der Waals surface area contributed by atoms with Crippen molar-refractivity contribution in [3.8, 4) is 0 Å². The Morgan fingerprint density at radius 2 is 1.72 bits per heavy atom. The number of amides is 2. The second kappa shape index (κ2) is 10.2. The lowest BCUT2D eigenvalue weighted by Crippen LogP contribution is -2.43. The number of nitrogens with zero attached hydrogens (tertiary/aromatic N) is 3. The van der Waals surface area contributed by atoms with Gasteiger partial charge >= 0.3 is 0 Å². The van der Waals surface area contributed by atoms with Gasteiger partial charge in [0.25, 0.3) is 0 Å². The van der Waals surface area contributed by atoms with Crippen LogP contribution < -0.4 is 10.6 Å². The summed E-state index contributed by atoms with van der Waals surface area (Å²) in [6.07, 6.45) is 7.43. The smallest absolute Gasteiger partial charge is 0.233 e. The lowest BCUT2D eigenvalue weighted by atomic mass is 9.85. The van der Waals surface area contributed by atoms with E-state index in [0.717, 1.165) is 57.9 Å². The van der Waals surface area contributed by atoms with Gasteiger partial charge in [0.15, 0.2) is 5.96 Å². The van der Waals surface area contributed by atoms with E-state index in [2.05, 4.69) is 46.5 Å². The van der Waals surface area contributed by atoms with Crippen LogP contribution in [0.3, 0.4) is 0 Å². The number of carbonyl (C=O) groups excluding carboxylic acids is 2. The molecule has 2 bridgehead atoms. The van der Waals surface area contributed by atoms with Crippen LogP contribution in [-0.4, -0.2) is 73.4 Å². The van der Waals surface area contributed by atoms with Crippen molar-refractivity contribution in [2.24, 2.45) is 28.7 Å². The Balaban J connectivity index is 1.41. The van der Waals surface area contributed by atoms with Crippen LogP contribution >= 0.6 is 0 Å². The number of likely N-dealkylation sites (tertiary alicyclic amines) is 1. The van der Waals surface area contributed by atoms with Gasteiger partial charge in [-0.2, -0.15) is 0 Å². The van der Waals surface area contributed by atoms with E-state index in [-0.39, 0.29) is 35.5 Å². The molecule has 0 aromatic carbocycles. The Morgan fingerprint density at radius 3 is 2.31 bits per heavy atom. The number of imide groups is 1. The van der Waals surface area contributed by atoms with Crippen LogP contribution in [0.15, 0.2) is 17.1 Å². The largest absolute Gasteiger partial charge is 0.357 e. The Kier molecular flexibility index (Phi) is 7.70. The van der Waals surface area contributed by atoms with Crippen molar-refractivity contribution >= 4 is 17.8 Å². The minimum Gasteiger partial charge on any atom is -0.357 e. The number of nitrogens with one attached hydrogen (secondary N) is 2. The molecule has 1 heterocycles. The molecule has 2 fully saturated rings. The molecule has 2 N–H and O–H groups in total. The predicted octanol–water partition coefficient (Wildman–Crippen LogP) is 1.47. The highest BCUT2D eigenvalue weighted by molar-refractivity contribution is 6.06. The van der Waals surface area contributed by atoms with Crippen molar-refractivity contribution in [3.05, 3.63) is 12.2 Å². The summed E-state index contributed by atoms with van der Waals surface area (Å²) in [6.45, 7) is 12.2. The highest BCUT2D eigenvalue weighted by Crippen LogP contribution is 2.52. The Hall–Kier alpha value is -1.89. The van der Waals surface area contributed by atoms with Crippen LogP contribution in [0.5, 0.6) is 0 Å². The fraction of sp³-hybridized carbons (Fsp3) is 0.773. The molecule has 2 amide bonds. The quantitative estimate of drug-likeness (QED) is 0.180. The maximum absolute atomic E-state index is 12.7. The summed E-state index contributed by atoms with van der Waals surface area (Å²) >= 11 is 0. The molecular formula is C22H37N5O2. The predicted molar refractivity (Wildman–Crippen MR) is 115 cm³/mol. The topological polar surface area (TPSA) is 77.0 Å². The molecule has 1 aliphatic heterocycles. The summed E-state index contributed by atoms with van der Waals surface area (Å²) in [5, 5.41) is 6.53. The van der Waals surface area contributed by atoms with E-state index < -0.39 is 0 Å². The minimum absolute atomic E-state index is 0.0250. The number of fused-ring (bicyclic) bond motifs is 5.